The third-order valence-corrected chi connectivity index (χ3v) is 4.54. The molecule has 2 aromatic carbocycles. The Hall–Kier alpha value is -2.60. The zero-order valence-electron chi connectivity index (χ0n) is 14.3. The molecule has 0 amide bonds. The lowest BCUT2D eigenvalue weighted by atomic mass is 10.1. The first-order valence-corrected chi connectivity index (χ1v) is 9.96. The number of aryl methyl sites for hydroxylation is 1. The minimum Gasteiger partial charge on any atom is -0.384 e. The van der Waals surface area contributed by atoms with Crippen LogP contribution in [-0.2, 0) is 16.4 Å². The summed E-state index contributed by atoms with van der Waals surface area (Å²) in [4.78, 5) is 4.45. The monoisotopic (exact) mass is 355 g/mol. The molecule has 2 N–H and O–H groups in total. The highest BCUT2D eigenvalue weighted by atomic mass is 32.2. The smallest absolute Gasteiger partial charge is 0.229 e. The zero-order chi connectivity index (χ0) is 17.9. The van der Waals surface area contributed by atoms with E-state index in [0.717, 1.165) is 46.9 Å². The SMILES string of the molecule is Cc1cnc2ccccc2c1NCCc1ccc(NS(C)(=O)=O)cc1. The molecule has 0 spiro atoms. The molecule has 5 nitrogen and oxygen atoms in total. The number of para-hydroxylation sites is 1. The van der Waals surface area contributed by atoms with Crippen LogP contribution >= 0.6 is 0 Å². The molecule has 0 saturated heterocycles. The molecule has 1 aromatic heterocycles. The van der Waals surface area contributed by atoms with Crippen LogP contribution in [0.4, 0.5) is 11.4 Å². The molecular weight excluding hydrogens is 334 g/mol. The molecule has 0 radical (unpaired) electrons. The molecule has 3 rings (SSSR count). The maximum absolute atomic E-state index is 11.2. The molecule has 0 aliphatic heterocycles. The van der Waals surface area contributed by atoms with Crippen molar-refractivity contribution < 1.29 is 8.42 Å². The van der Waals surface area contributed by atoms with Crippen LogP contribution < -0.4 is 10.0 Å². The second-order valence-electron chi connectivity index (χ2n) is 6.08. The van der Waals surface area contributed by atoms with E-state index >= 15 is 0 Å². The summed E-state index contributed by atoms with van der Waals surface area (Å²) in [5.41, 5.74) is 4.93. The Balaban J connectivity index is 1.66. The van der Waals surface area contributed by atoms with Crippen LogP contribution in [0, 0.1) is 6.92 Å². The maximum atomic E-state index is 11.2. The van der Waals surface area contributed by atoms with Gasteiger partial charge in [0.05, 0.1) is 11.8 Å². The lowest BCUT2D eigenvalue weighted by Crippen LogP contribution is -2.10. The first-order chi connectivity index (χ1) is 11.9. The quantitative estimate of drug-likeness (QED) is 0.709. The van der Waals surface area contributed by atoms with E-state index in [1.54, 1.807) is 12.1 Å². The number of aromatic nitrogens is 1. The fourth-order valence-electron chi connectivity index (χ4n) is 2.76. The van der Waals surface area contributed by atoms with Gasteiger partial charge in [0.1, 0.15) is 0 Å². The summed E-state index contributed by atoms with van der Waals surface area (Å²) in [6, 6.07) is 15.5. The highest BCUT2D eigenvalue weighted by Crippen LogP contribution is 2.25. The molecule has 0 bridgehead atoms. The number of fused-ring (bicyclic) bond motifs is 1. The summed E-state index contributed by atoms with van der Waals surface area (Å²) in [5, 5.41) is 4.63. The number of anilines is 2. The van der Waals surface area contributed by atoms with Gasteiger partial charge in [0.15, 0.2) is 0 Å². The van der Waals surface area contributed by atoms with E-state index < -0.39 is 10.0 Å². The Labute approximate surface area is 148 Å². The summed E-state index contributed by atoms with van der Waals surface area (Å²) in [7, 11) is -3.24. The number of pyridine rings is 1. The summed E-state index contributed by atoms with van der Waals surface area (Å²) in [6.07, 6.45) is 3.87. The molecule has 0 fully saturated rings. The van der Waals surface area contributed by atoms with Crippen LogP contribution in [0.25, 0.3) is 10.9 Å². The number of benzene rings is 2. The van der Waals surface area contributed by atoms with Gasteiger partial charge in [-0.3, -0.25) is 9.71 Å². The Morgan fingerprint density at radius 2 is 1.76 bits per heavy atom. The first-order valence-electron chi connectivity index (χ1n) is 8.07. The Morgan fingerprint density at radius 1 is 1.04 bits per heavy atom. The van der Waals surface area contributed by atoms with Crippen molar-refractivity contribution in [3.8, 4) is 0 Å². The molecule has 25 heavy (non-hydrogen) atoms. The van der Waals surface area contributed by atoms with E-state index in [0.29, 0.717) is 5.69 Å². The van der Waals surface area contributed by atoms with Crippen LogP contribution in [0.1, 0.15) is 11.1 Å². The molecule has 0 atom stereocenters. The zero-order valence-corrected chi connectivity index (χ0v) is 15.1. The molecule has 0 aliphatic carbocycles. The average Bonchev–Trinajstić information content (AvgIpc) is 2.57. The van der Waals surface area contributed by atoms with E-state index in [1.807, 2.05) is 43.5 Å². The molecule has 0 aliphatic rings. The van der Waals surface area contributed by atoms with Crippen LogP contribution in [0.3, 0.4) is 0 Å². The van der Waals surface area contributed by atoms with Gasteiger partial charge in [0.2, 0.25) is 10.0 Å². The van der Waals surface area contributed by atoms with Crippen LogP contribution in [0.2, 0.25) is 0 Å². The minimum atomic E-state index is -3.24. The topological polar surface area (TPSA) is 71.1 Å². The van der Waals surface area contributed by atoms with E-state index in [4.69, 9.17) is 0 Å². The van der Waals surface area contributed by atoms with Crippen molar-refractivity contribution in [2.45, 2.75) is 13.3 Å². The fraction of sp³-hybridized carbons (Fsp3) is 0.211. The van der Waals surface area contributed by atoms with Gasteiger partial charge in [0, 0.05) is 29.5 Å². The molecule has 1 heterocycles. The lowest BCUT2D eigenvalue weighted by molar-refractivity contribution is 0.607. The van der Waals surface area contributed by atoms with E-state index in [1.165, 1.54) is 0 Å². The third-order valence-electron chi connectivity index (χ3n) is 3.94. The number of rotatable bonds is 6. The summed E-state index contributed by atoms with van der Waals surface area (Å²) in [5.74, 6) is 0. The number of hydrogen-bond donors (Lipinski definition) is 2. The van der Waals surface area contributed by atoms with E-state index in [-0.39, 0.29) is 0 Å². The number of sulfonamides is 1. The molecule has 0 unspecified atom stereocenters. The molecule has 3 aromatic rings. The van der Waals surface area contributed by atoms with E-state index in [2.05, 4.69) is 21.1 Å². The van der Waals surface area contributed by atoms with Gasteiger partial charge in [-0.1, -0.05) is 30.3 Å². The van der Waals surface area contributed by atoms with Crippen molar-refractivity contribution in [3.05, 3.63) is 65.9 Å². The molecule has 0 saturated carbocycles. The summed E-state index contributed by atoms with van der Waals surface area (Å²) < 4.78 is 24.9. The van der Waals surface area contributed by atoms with Crippen molar-refractivity contribution in [1.82, 2.24) is 4.98 Å². The van der Waals surface area contributed by atoms with Gasteiger partial charge < -0.3 is 5.32 Å². The Kier molecular flexibility index (Phi) is 4.90. The average molecular weight is 355 g/mol. The lowest BCUT2D eigenvalue weighted by Gasteiger charge is -2.12. The van der Waals surface area contributed by atoms with Gasteiger partial charge >= 0.3 is 0 Å². The molecular formula is C19H21N3O2S. The van der Waals surface area contributed by atoms with Crippen molar-refractivity contribution in [3.63, 3.8) is 0 Å². The van der Waals surface area contributed by atoms with Crippen molar-refractivity contribution in [1.29, 1.82) is 0 Å². The molecule has 130 valence electrons. The van der Waals surface area contributed by atoms with Gasteiger partial charge in [-0.15, -0.1) is 0 Å². The highest BCUT2D eigenvalue weighted by Gasteiger charge is 2.05. The first kappa shape index (κ1) is 17.2. The summed E-state index contributed by atoms with van der Waals surface area (Å²) in [6.45, 7) is 2.83. The van der Waals surface area contributed by atoms with Gasteiger partial charge in [-0.05, 0) is 42.7 Å². The van der Waals surface area contributed by atoms with Crippen LogP contribution in [0.5, 0.6) is 0 Å². The standard InChI is InChI=1S/C19H21N3O2S/c1-14-13-21-18-6-4-3-5-17(18)19(14)20-12-11-15-7-9-16(10-8-15)22-25(2,23)24/h3-10,13,22H,11-12H2,1-2H3,(H,20,21). The third kappa shape index (κ3) is 4.48. The van der Waals surface area contributed by atoms with Crippen molar-refractivity contribution in [2.75, 3.05) is 22.8 Å². The number of hydrogen-bond acceptors (Lipinski definition) is 4. The molecule has 6 heteroatoms. The van der Waals surface area contributed by atoms with Crippen molar-refractivity contribution in [2.24, 2.45) is 0 Å². The minimum absolute atomic E-state index is 0.579. The number of nitrogens with zero attached hydrogens (tertiary/aromatic N) is 1. The van der Waals surface area contributed by atoms with E-state index in [9.17, 15) is 8.42 Å². The van der Waals surface area contributed by atoms with Gasteiger partial charge in [-0.25, -0.2) is 8.42 Å². The summed E-state index contributed by atoms with van der Waals surface area (Å²) >= 11 is 0. The van der Waals surface area contributed by atoms with Crippen LogP contribution in [-0.4, -0.2) is 26.2 Å². The van der Waals surface area contributed by atoms with Gasteiger partial charge in [0.25, 0.3) is 0 Å². The van der Waals surface area contributed by atoms with Crippen LogP contribution in [0.15, 0.2) is 54.7 Å². The second kappa shape index (κ2) is 7.11. The highest BCUT2D eigenvalue weighted by molar-refractivity contribution is 7.92. The normalized spacial score (nSPS) is 11.4. The number of nitrogens with one attached hydrogen (secondary N) is 2. The predicted molar refractivity (Wildman–Crippen MR) is 104 cm³/mol. The fourth-order valence-corrected chi connectivity index (χ4v) is 3.33. The Bertz CT molecular complexity index is 983. The van der Waals surface area contributed by atoms with Crippen molar-refractivity contribution >= 4 is 32.3 Å². The predicted octanol–water partition coefficient (Wildman–Crippen LogP) is 3.57. The largest absolute Gasteiger partial charge is 0.384 e. The second-order valence-corrected chi connectivity index (χ2v) is 7.83. The maximum Gasteiger partial charge on any atom is 0.229 e. The van der Waals surface area contributed by atoms with Gasteiger partial charge in [-0.2, -0.15) is 0 Å². The Morgan fingerprint density at radius 3 is 2.48 bits per heavy atom.